The summed E-state index contributed by atoms with van der Waals surface area (Å²) in [7, 11) is 0. The Kier molecular flexibility index (Phi) is 6.22. The van der Waals surface area contributed by atoms with Gasteiger partial charge < -0.3 is 15.0 Å². The van der Waals surface area contributed by atoms with E-state index >= 15 is 4.39 Å². The van der Waals surface area contributed by atoms with Gasteiger partial charge in [-0.05, 0) is 49.9 Å². The van der Waals surface area contributed by atoms with Crippen molar-refractivity contribution < 1.29 is 17.9 Å². The van der Waals surface area contributed by atoms with Gasteiger partial charge in [0.05, 0.1) is 10.6 Å². The van der Waals surface area contributed by atoms with E-state index in [0.29, 0.717) is 37.3 Å². The van der Waals surface area contributed by atoms with Crippen LogP contribution >= 0.6 is 11.6 Å². The molecule has 4 saturated heterocycles. The molecule has 0 spiro atoms. The SMILES string of the molecule is N#Cc1n[nH]c2c(F)ccc(-c3c(Cl)cc4c(N5CC6CCC(C5)N6)nc(OC[C@@]56CCCN5C[C@H](F)C6)nc4c3F)c12. The number of benzene rings is 2. The van der Waals surface area contributed by atoms with Crippen molar-refractivity contribution in [3.05, 3.63) is 40.6 Å². The van der Waals surface area contributed by atoms with Crippen LogP contribution in [0.5, 0.6) is 6.01 Å². The van der Waals surface area contributed by atoms with Crippen LogP contribution in [0.1, 0.15) is 37.8 Å². The van der Waals surface area contributed by atoms with Gasteiger partial charge in [0, 0.05) is 54.5 Å². The minimum absolute atomic E-state index is 0.000301. The maximum Gasteiger partial charge on any atom is 0.319 e. The van der Waals surface area contributed by atoms with Crippen LogP contribution in [0, 0.1) is 23.0 Å². The van der Waals surface area contributed by atoms with Crippen molar-refractivity contribution in [2.24, 2.45) is 0 Å². The molecule has 4 aliphatic rings. The third-order valence-electron chi connectivity index (χ3n) is 9.64. The smallest absolute Gasteiger partial charge is 0.319 e. The number of nitriles is 1. The number of fused-ring (bicyclic) bond motifs is 5. The molecular weight excluding hydrogens is 581 g/mol. The molecule has 6 heterocycles. The second-order valence-electron chi connectivity index (χ2n) is 12.2. The molecule has 2 bridgehead atoms. The van der Waals surface area contributed by atoms with Gasteiger partial charge in [0.1, 0.15) is 41.5 Å². The summed E-state index contributed by atoms with van der Waals surface area (Å²) in [5.41, 5.74) is -0.326. The van der Waals surface area contributed by atoms with Crippen molar-refractivity contribution in [2.45, 2.75) is 55.9 Å². The van der Waals surface area contributed by atoms with Crippen molar-refractivity contribution >= 4 is 39.2 Å². The van der Waals surface area contributed by atoms with Gasteiger partial charge in [-0.15, -0.1) is 0 Å². The largest absolute Gasteiger partial charge is 0.461 e. The number of nitrogens with zero attached hydrogens (tertiary/aromatic N) is 6. The lowest BCUT2D eigenvalue weighted by atomic mass is 9.95. The summed E-state index contributed by atoms with van der Waals surface area (Å²) in [5.74, 6) is -0.842. The fourth-order valence-corrected chi connectivity index (χ4v) is 8.01. The Labute approximate surface area is 250 Å². The molecule has 9 nitrogen and oxygen atoms in total. The van der Waals surface area contributed by atoms with Crippen molar-refractivity contribution in [3.8, 4) is 23.2 Å². The molecule has 13 heteroatoms. The number of nitrogens with one attached hydrogen (secondary N) is 2. The van der Waals surface area contributed by atoms with Crippen LogP contribution in [0.3, 0.4) is 0 Å². The normalized spacial score (nSPS) is 26.9. The van der Waals surface area contributed by atoms with Crippen LogP contribution < -0.4 is 15.0 Å². The molecular formula is C30H28ClF3N8O. The van der Waals surface area contributed by atoms with Gasteiger partial charge in [-0.2, -0.15) is 20.3 Å². The summed E-state index contributed by atoms with van der Waals surface area (Å²) in [4.78, 5) is 13.6. The number of anilines is 1. The first-order valence-electron chi connectivity index (χ1n) is 14.6. The van der Waals surface area contributed by atoms with Crippen molar-refractivity contribution in [1.82, 2.24) is 30.4 Å². The summed E-state index contributed by atoms with van der Waals surface area (Å²) >= 11 is 6.78. The Hall–Kier alpha value is -3.66. The minimum Gasteiger partial charge on any atom is -0.461 e. The lowest BCUT2D eigenvalue weighted by molar-refractivity contribution is 0.107. The van der Waals surface area contributed by atoms with Crippen LogP contribution in [0.15, 0.2) is 18.2 Å². The molecule has 43 heavy (non-hydrogen) atoms. The third kappa shape index (κ3) is 4.24. The summed E-state index contributed by atoms with van der Waals surface area (Å²) in [6.07, 6.45) is 3.34. The highest BCUT2D eigenvalue weighted by atomic mass is 35.5. The molecule has 2 N–H and O–H groups in total. The highest BCUT2D eigenvalue weighted by Gasteiger charge is 2.49. The average molecular weight is 609 g/mol. The van der Waals surface area contributed by atoms with Crippen LogP contribution in [-0.4, -0.2) is 81.6 Å². The highest BCUT2D eigenvalue weighted by molar-refractivity contribution is 6.35. The monoisotopic (exact) mass is 608 g/mol. The number of hydrogen-bond acceptors (Lipinski definition) is 8. The quantitative estimate of drug-likeness (QED) is 0.331. The number of rotatable bonds is 5. The predicted molar refractivity (Wildman–Crippen MR) is 155 cm³/mol. The highest BCUT2D eigenvalue weighted by Crippen LogP contribution is 2.43. The van der Waals surface area contributed by atoms with E-state index in [-0.39, 0.29) is 63.0 Å². The fraction of sp³-hybridized carbons (Fsp3) is 0.467. The number of alkyl halides is 1. The first-order chi connectivity index (χ1) is 20.8. The molecule has 0 aliphatic carbocycles. The van der Waals surface area contributed by atoms with E-state index < -0.39 is 23.3 Å². The van der Waals surface area contributed by atoms with E-state index in [2.05, 4.69) is 30.3 Å². The van der Waals surface area contributed by atoms with Crippen LogP contribution in [0.2, 0.25) is 5.02 Å². The Morgan fingerprint density at radius 3 is 2.77 bits per heavy atom. The fourth-order valence-electron chi connectivity index (χ4n) is 7.72. The first kappa shape index (κ1) is 26.9. The molecule has 4 fully saturated rings. The van der Waals surface area contributed by atoms with Crippen molar-refractivity contribution in [3.63, 3.8) is 0 Å². The molecule has 4 atom stereocenters. The first-order valence-corrected chi connectivity index (χ1v) is 15.0. The minimum atomic E-state index is -0.913. The summed E-state index contributed by atoms with van der Waals surface area (Å²) in [5, 5.41) is 20.3. The Balaban J connectivity index is 1.28. The molecule has 0 amide bonds. The second-order valence-corrected chi connectivity index (χ2v) is 12.6. The lowest BCUT2D eigenvalue weighted by Crippen LogP contribution is -2.51. The van der Waals surface area contributed by atoms with E-state index in [1.165, 1.54) is 12.1 Å². The summed E-state index contributed by atoms with van der Waals surface area (Å²) in [6, 6.07) is 6.72. The number of piperazine rings is 1. The molecule has 4 aromatic rings. The molecule has 2 unspecified atom stereocenters. The molecule has 8 rings (SSSR count). The van der Waals surface area contributed by atoms with E-state index in [9.17, 15) is 14.0 Å². The van der Waals surface area contributed by atoms with Gasteiger partial charge in [-0.3, -0.25) is 10.00 Å². The van der Waals surface area contributed by atoms with E-state index in [0.717, 1.165) is 32.2 Å². The number of aromatic nitrogens is 4. The molecule has 2 aromatic heterocycles. The van der Waals surface area contributed by atoms with Crippen LogP contribution in [-0.2, 0) is 0 Å². The maximum atomic E-state index is 16.8. The van der Waals surface area contributed by atoms with Crippen molar-refractivity contribution in [1.29, 1.82) is 5.26 Å². The van der Waals surface area contributed by atoms with E-state index in [1.807, 2.05) is 6.07 Å². The zero-order valence-electron chi connectivity index (χ0n) is 23.1. The summed E-state index contributed by atoms with van der Waals surface area (Å²) in [6.45, 7) is 2.77. The molecule has 2 aromatic carbocycles. The number of H-pyrrole nitrogens is 1. The van der Waals surface area contributed by atoms with Gasteiger partial charge in [0.2, 0.25) is 0 Å². The summed E-state index contributed by atoms with van der Waals surface area (Å²) < 4.78 is 52.0. The Bertz CT molecular complexity index is 1820. The maximum absolute atomic E-state index is 16.8. The van der Waals surface area contributed by atoms with E-state index in [4.69, 9.17) is 21.3 Å². The Morgan fingerprint density at radius 2 is 1.98 bits per heavy atom. The van der Waals surface area contributed by atoms with Crippen molar-refractivity contribution in [2.75, 3.05) is 37.7 Å². The van der Waals surface area contributed by atoms with Gasteiger partial charge in [-0.25, -0.2) is 13.2 Å². The molecule has 0 saturated carbocycles. The molecule has 222 valence electrons. The van der Waals surface area contributed by atoms with Gasteiger partial charge in [0.15, 0.2) is 11.5 Å². The zero-order valence-corrected chi connectivity index (χ0v) is 23.9. The standard InChI is InChI=1S/C30H28ClF3N8O/c31-20-8-19-26(25(34)23(20)18-4-5-21(33)27-24(18)22(10-35)39-40-27)37-29(38-28(19)41-12-16-2-3-17(13-41)36-16)43-14-30-6-1-7-42(30)11-15(32)9-30/h4-5,8,15-17,36H,1-3,6-7,9,11-14H2,(H,39,40)/t15-,16?,17?,30+/m1/s1. The van der Waals surface area contributed by atoms with Crippen LogP contribution in [0.4, 0.5) is 19.0 Å². The average Bonchev–Trinajstić information content (AvgIpc) is 3.75. The number of aromatic amines is 1. The number of hydrogen-bond donors (Lipinski definition) is 2. The van der Waals surface area contributed by atoms with Gasteiger partial charge in [0.25, 0.3) is 0 Å². The van der Waals surface area contributed by atoms with Gasteiger partial charge >= 0.3 is 6.01 Å². The number of ether oxygens (including phenoxy) is 1. The number of halogens is 4. The van der Waals surface area contributed by atoms with Crippen LogP contribution in [0.25, 0.3) is 32.9 Å². The van der Waals surface area contributed by atoms with E-state index in [1.54, 1.807) is 6.07 Å². The predicted octanol–water partition coefficient (Wildman–Crippen LogP) is 4.87. The Morgan fingerprint density at radius 1 is 1.16 bits per heavy atom. The van der Waals surface area contributed by atoms with Gasteiger partial charge in [-0.1, -0.05) is 17.7 Å². The third-order valence-corrected chi connectivity index (χ3v) is 9.93. The zero-order chi connectivity index (χ0) is 29.5. The lowest BCUT2D eigenvalue weighted by Gasteiger charge is -2.34. The molecule has 4 aliphatic heterocycles. The second kappa shape index (κ2) is 9.94. The topological polar surface area (TPSA) is 106 Å². The molecule has 0 radical (unpaired) electrons.